The van der Waals surface area contributed by atoms with Crippen LogP contribution in [0.1, 0.15) is 10.4 Å². The van der Waals surface area contributed by atoms with E-state index in [0.29, 0.717) is 26.9 Å². The van der Waals surface area contributed by atoms with Crippen LogP contribution in [0.5, 0.6) is 0 Å². The molecule has 0 N–H and O–H groups in total. The molecule has 0 saturated carbocycles. The van der Waals surface area contributed by atoms with Gasteiger partial charge in [0.1, 0.15) is 0 Å². The number of carbonyl (C=O) groups is 1. The van der Waals surface area contributed by atoms with Gasteiger partial charge in [0, 0.05) is 16.3 Å². The number of halogens is 3. The zero-order valence-corrected chi connectivity index (χ0v) is 9.70. The van der Waals surface area contributed by atoms with Crippen LogP contribution in [0.3, 0.4) is 0 Å². The highest BCUT2D eigenvalue weighted by atomic mass is 35.5. The fourth-order valence-corrected chi connectivity index (χ4v) is 2.08. The first-order valence-corrected chi connectivity index (χ1v) is 5.30. The predicted octanol–water partition coefficient (Wildman–Crippen LogP) is 4.61. The maximum Gasteiger partial charge on any atom is 0.151 e. The lowest BCUT2D eigenvalue weighted by molar-refractivity contribution is 0.112. The molecule has 0 aliphatic carbocycles. The van der Waals surface area contributed by atoms with Crippen molar-refractivity contribution in [2.75, 3.05) is 0 Å². The fourth-order valence-electron chi connectivity index (χ4n) is 1.41. The van der Waals surface area contributed by atoms with Gasteiger partial charge >= 0.3 is 0 Å². The van der Waals surface area contributed by atoms with Gasteiger partial charge in [0.2, 0.25) is 0 Å². The summed E-state index contributed by atoms with van der Waals surface area (Å²) in [5, 5.41) is 2.81. The van der Waals surface area contributed by atoms with E-state index in [2.05, 4.69) is 0 Å². The summed E-state index contributed by atoms with van der Waals surface area (Å²) in [7, 11) is 0. The molecule has 0 bridgehead atoms. The summed E-state index contributed by atoms with van der Waals surface area (Å²) in [6.07, 6.45) is 0.713. The molecule has 1 nitrogen and oxygen atoms in total. The molecule has 0 amide bonds. The predicted molar refractivity (Wildman–Crippen MR) is 64.4 cm³/mol. The molecule has 0 spiro atoms. The normalized spacial score (nSPS) is 10.6. The van der Waals surface area contributed by atoms with Crippen LogP contribution in [0.2, 0.25) is 15.1 Å². The van der Waals surface area contributed by atoms with E-state index in [1.807, 2.05) is 0 Å². The van der Waals surface area contributed by atoms with Crippen molar-refractivity contribution >= 4 is 51.9 Å². The fraction of sp³-hybridized carbons (Fsp3) is 0. The van der Waals surface area contributed by atoms with Crippen LogP contribution in [-0.4, -0.2) is 6.29 Å². The molecular weight excluding hydrogens is 254 g/mol. The topological polar surface area (TPSA) is 17.1 Å². The quantitative estimate of drug-likeness (QED) is 0.683. The molecule has 0 atom stereocenters. The van der Waals surface area contributed by atoms with E-state index in [9.17, 15) is 4.79 Å². The van der Waals surface area contributed by atoms with Gasteiger partial charge in [0.25, 0.3) is 0 Å². The Morgan fingerprint density at radius 3 is 2.13 bits per heavy atom. The van der Waals surface area contributed by atoms with E-state index in [1.165, 1.54) is 0 Å². The number of benzene rings is 2. The Balaban J connectivity index is 2.91. The van der Waals surface area contributed by atoms with Gasteiger partial charge in [-0.1, -0.05) is 46.9 Å². The van der Waals surface area contributed by atoms with E-state index < -0.39 is 0 Å². The maximum absolute atomic E-state index is 10.7. The second-order valence-corrected chi connectivity index (χ2v) is 4.21. The van der Waals surface area contributed by atoms with Crippen molar-refractivity contribution in [2.45, 2.75) is 0 Å². The molecule has 0 fully saturated rings. The number of aldehydes is 1. The molecular formula is C11H5Cl3O. The van der Waals surface area contributed by atoms with Crippen LogP contribution < -0.4 is 0 Å². The third-order valence-corrected chi connectivity index (χ3v) is 3.42. The van der Waals surface area contributed by atoms with Gasteiger partial charge < -0.3 is 0 Å². The van der Waals surface area contributed by atoms with Crippen molar-refractivity contribution in [3.8, 4) is 0 Å². The Labute approximate surface area is 102 Å². The minimum atomic E-state index is 0.404. The molecule has 0 aliphatic heterocycles. The van der Waals surface area contributed by atoms with Crippen molar-refractivity contribution in [3.05, 3.63) is 44.9 Å². The minimum Gasteiger partial charge on any atom is -0.298 e. The summed E-state index contributed by atoms with van der Waals surface area (Å²) < 4.78 is 0. The summed E-state index contributed by atoms with van der Waals surface area (Å²) in [6, 6.07) is 6.77. The van der Waals surface area contributed by atoms with Gasteiger partial charge in [0.15, 0.2) is 6.29 Å². The highest BCUT2D eigenvalue weighted by Gasteiger charge is 2.09. The molecule has 0 heterocycles. The zero-order chi connectivity index (χ0) is 11.0. The smallest absolute Gasteiger partial charge is 0.151 e. The number of hydrogen-bond donors (Lipinski definition) is 0. The summed E-state index contributed by atoms with van der Waals surface area (Å²) in [5.74, 6) is 0. The van der Waals surface area contributed by atoms with Crippen molar-refractivity contribution in [3.63, 3.8) is 0 Å². The van der Waals surface area contributed by atoms with Crippen LogP contribution in [-0.2, 0) is 0 Å². The Hall–Kier alpha value is -0.760. The second-order valence-electron chi connectivity index (χ2n) is 3.04. The first-order chi connectivity index (χ1) is 7.15. The Kier molecular flexibility index (Phi) is 2.87. The molecule has 15 heavy (non-hydrogen) atoms. The molecule has 4 heteroatoms. The number of fused-ring (bicyclic) bond motifs is 1. The molecule has 2 rings (SSSR count). The zero-order valence-electron chi connectivity index (χ0n) is 7.43. The van der Waals surface area contributed by atoms with Crippen molar-refractivity contribution in [1.82, 2.24) is 0 Å². The Bertz CT molecular complexity index is 549. The van der Waals surface area contributed by atoms with E-state index in [-0.39, 0.29) is 0 Å². The van der Waals surface area contributed by atoms with Gasteiger partial charge in [0.05, 0.1) is 15.1 Å². The second kappa shape index (κ2) is 4.01. The van der Waals surface area contributed by atoms with Crippen LogP contribution in [0, 0.1) is 0 Å². The first kappa shape index (κ1) is 10.7. The van der Waals surface area contributed by atoms with Gasteiger partial charge in [-0.2, -0.15) is 0 Å². The van der Waals surface area contributed by atoms with Crippen LogP contribution in [0.25, 0.3) is 10.8 Å². The Morgan fingerprint density at radius 1 is 0.867 bits per heavy atom. The molecule has 0 saturated heterocycles. The molecule has 0 radical (unpaired) electrons. The van der Waals surface area contributed by atoms with E-state index in [1.54, 1.807) is 24.3 Å². The van der Waals surface area contributed by atoms with E-state index in [0.717, 1.165) is 10.8 Å². The SMILES string of the molecule is O=Cc1ccc2c(Cl)c(Cl)ccc2c1Cl. The third-order valence-electron chi connectivity index (χ3n) is 2.18. The van der Waals surface area contributed by atoms with Crippen LogP contribution in [0.15, 0.2) is 24.3 Å². The Morgan fingerprint density at radius 2 is 1.47 bits per heavy atom. The van der Waals surface area contributed by atoms with Crippen LogP contribution in [0.4, 0.5) is 0 Å². The minimum absolute atomic E-state index is 0.404. The molecule has 2 aromatic rings. The average Bonchev–Trinajstić information content (AvgIpc) is 2.24. The molecule has 0 aliphatic rings. The summed E-state index contributed by atoms with van der Waals surface area (Å²) in [4.78, 5) is 10.7. The van der Waals surface area contributed by atoms with Gasteiger partial charge in [-0.3, -0.25) is 4.79 Å². The summed E-state index contributed by atoms with van der Waals surface area (Å²) in [6.45, 7) is 0. The highest BCUT2D eigenvalue weighted by Crippen LogP contribution is 2.35. The number of hydrogen-bond acceptors (Lipinski definition) is 1. The van der Waals surface area contributed by atoms with Gasteiger partial charge in [-0.05, 0) is 12.1 Å². The van der Waals surface area contributed by atoms with Gasteiger partial charge in [-0.25, -0.2) is 0 Å². The molecule has 0 aromatic heterocycles. The first-order valence-electron chi connectivity index (χ1n) is 4.16. The average molecular weight is 260 g/mol. The lowest BCUT2D eigenvalue weighted by Crippen LogP contribution is -1.84. The summed E-state index contributed by atoms with van der Waals surface area (Å²) in [5.41, 5.74) is 0.447. The van der Waals surface area contributed by atoms with Crippen molar-refractivity contribution in [2.24, 2.45) is 0 Å². The summed E-state index contributed by atoms with van der Waals surface area (Å²) >= 11 is 17.9. The largest absolute Gasteiger partial charge is 0.298 e. The molecule has 0 unspecified atom stereocenters. The lowest BCUT2D eigenvalue weighted by Gasteiger charge is -2.05. The van der Waals surface area contributed by atoms with Crippen LogP contribution >= 0.6 is 34.8 Å². The lowest BCUT2D eigenvalue weighted by atomic mass is 10.1. The maximum atomic E-state index is 10.7. The highest BCUT2D eigenvalue weighted by molar-refractivity contribution is 6.46. The molecule has 2 aromatic carbocycles. The van der Waals surface area contributed by atoms with E-state index in [4.69, 9.17) is 34.8 Å². The third kappa shape index (κ3) is 1.71. The monoisotopic (exact) mass is 258 g/mol. The number of rotatable bonds is 1. The van der Waals surface area contributed by atoms with Crippen molar-refractivity contribution < 1.29 is 4.79 Å². The molecule has 76 valence electrons. The van der Waals surface area contributed by atoms with Gasteiger partial charge in [-0.15, -0.1) is 0 Å². The van der Waals surface area contributed by atoms with Crippen molar-refractivity contribution in [1.29, 1.82) is 0 Å². The van der Waals surface area contributed by atoms with E-state index >= 15 is 0 Å². The standard InChI is InChI=1S/C11H5Cl3O/c12-9-4-3-7-8(11(9)14)2-1-6(5-15)10(7)13/h1-5H. The number of carbonyl (C=O) groups excluding carboxylic acids is 1.